The highest BCUT2D eigenvalue weighted by Gasteiger charge is 2.42. The van der Waals surface area contributed by atoms with E-state index >= 15 is 0 Å². The summed E-state index contributed by atoms with van der Waals surface area (Å²) in [6, 6.07) is 12.1. The van der Waals surface area contributed by atoms with Crippen molar-refractivity contribution in [3.63, 3.8) is 0 Å². The first-order valence-electron chi connectivity index (χ1n) is 10.9. The van der Waals surface area contributed by atoms with E-state index in [1.165, 1.54) is 5.56 Å². The van der Waals surface area contributed by atoms with Gasteiger partial charge in [-0.3, -0.25) is 4.79 Å². The fourth-order valence-corrected chi connectivity index (χ4v) is 4.95. The van der Waals surface area contributed by atoms with Gasteiger partial charge in [-0.05, 0) is 49.4 Å². The average molecular weight is 415 g/mol. The second kappa shape index (κ2) is 8.03. The van der Waals surface area contributed by atoms with Crippen LogP contribution in [0.25, 0.3) is 11.1 Å². The van der Waals surface area contributed by atoms with Crippen LogP contribution >= 0.6 is 0 Å². The summed E-state index contributed by atoms with van der Waals surface area (Å²) in [7, 11) is 0. The molecule has 0 bridgehead atoms. The van der Waals surface area contributed by atoms with E-state index in [-0.39, 0.29) is 12.0 Å². The number of benzene rings is 1. The molecule has 0 saturated carbocycles. The second-order valence-corrected chi connectivity index (χ2v) is 8.47. The number of nitrogens with zero attached hydrogens (tertiary/aromatic N) is 5. The molecule has 7 heteroatoms. The highest BCUT2D eigenvalue weighted by atomic mass is 16.3. The van der Waals surface area contributed by atoms with E-state index in [1.54, 1.807) is 12.3 Å². The quantitative estimate of drug-likeness (QED) is 0.634. The molecule has 2 aromatic heterocycles. The number of anilines is 1. The topological polar surface area (TPSA) is 86.3 Å². The van der Waals surface area contributed by atoms with E-state index in [2.05, 4.69) is 31.9 Å². The summed E-state index contributed by atoms with van der Waals surface area (Å²) in [5.74, 6) is 1.96. The van der Waals surface area contributed by atoms with Gasteiger partial charge in [0.1, 0.15) is 17.4 Å². The first kappa shape index (κ1) is 19.6. The molecular formula is C24H25N5O2. The number of amides is 1. The summed E-state index contributed by atoms with van der Waals surface area (Å²) in [5.41, 5.74) is 3.51. The second-order valence-electron chi connectivity index (χ2n) is 8.47. The molecule has 0 aliphatic carbocycles. The fraction of sp³-hybridized carbons (Fsp3) is 0.417. The first-order valence-corrected chi connectivity index (χ1v) is 10.9. The van der Waals surface area contributed by atoms with Crippen molar-refractivity contribution in [2.24, 2.45) is 5.92 Å². The van der Waals surface area contributed by atoms with E-state index in [0.717, 1.165) is 62.2 Å². The van der Waals surface area contributed by atoms with Crippen LogP contribution < -0.4 is 4.90 Å². The van der Waals surface area contributed by atoms with Crippen LogP contribution in [0.4, 0.5) is 5.82 Å². The third-order valence-electron chi connectivity index (χ3n) is 6.47. The lowest BCUT2D eigenvalue weighted by Gasteiger charge is -2.38. The maximum atomic E-state index is 13.0. The van der Waals surface area contributed by atoms with Gasteiger partial charge >= 0.3 is 0 Å². The normalized spacial score (nSPS) is 20.8. The number of nitriles is 1. The minimum atomic E-state index is 0.0922. The molecule has 0 spiro atoms. The number of carbonyl (C=O) groups excluding carboxylic acids is 1. The minimum absolute atomic E-state index is 0.0922. The van der Waals surface area contributed by atoms with Crippen molar-refractivity contribution >= 4 is 22.8 Å². The molecule has 2 fully saturated rings. The number of aryl methyl sites for hydroxylation is 2. The van der Waals surface area contributed by atoms with Crippen LogP contribution in [0.3, 0.4) is 0 Å². The Hall–Kier alpha value is -3.40. The number of pyridine rings is 1. The molecule has 2 atom stereocenters. The van der Waals surface area contributed by atoms with Gasteiger partial charge in [0.05, 0.1) is 11.6 Å². The molecule has 0 radical (unpaired) electrons. The van der Waals surface area contributed by atoms with Crippen LogP contribution in [-0.2, 0) is 11.2 Å². The number of hydrogen-bond donors (Lipinski definition) is 0. The van der Waals surface area contributed by atoms with Crippen molar-refractivity contribution in [1.29, 1.82) is 5.26 Å². The zero-order valence-electron chi connectivity index (χ0n) is 17.6. The number of hydrogen-bond acceptors (Lipinski definition) is 6. The van der Waals surface area contributed by atoms with Gasteiger partial charge in [-0.2, -0.15) is 5.26 Å². The monoisotopic (exact) mass is 415 g/mol. The third-order valence-corrected chi connectivity index (χ3v) is 6.47. The van der Waals surface area contributed by atoms with Crippen molar-refractivity contribution in [3.05, 3.63) is 53.5 Å². The molecular weight excluding hydrogens is 390 g/mol. The van der Waals surface area contributed by atoms with Crippen LogP contribution in [-0.4, -0.2) is 46.5 Å². The number of para-hydroxylation sites is 1. The zero-order valence-corrected chi connectivity index (χ0v) is 17.6. The summed E-state index contributed by atoms with van der Waals surface area (Å²) in [5, 5.41) is 8.96. The molecule has 7 nitrogen and oxygen atoms in total. The summed E-state index contributed by atoms with van der Waals surface area (Å²) < 4.78 is 5.77. The van der Waals surface area contributed by atoms with E-state index in [0.29, 0.717) is 17.4 Å². The highest BCUT2D eigenvalue weighted by molar-refractivity contribution is 5.82. The highest BCUT2D eigenvalue weighted by Crippen LogP contribution is 2.32. The van der Waals surface area contributed by atoms with Crippen molar-refractivity contribution in [2.75, 3.05) is 24.5 Å². The lowest BCUT2D eigenvalue weighted by molar-refractivity contribution is -0.132. The molecule has 1 amide bonds. The number of oxazole rings is 1. The van der Waals surface area contributed by atoms with E-state index in [1.807, 2.05) is 25.1 Å². The van der Waals surface area contributed by atoms with Crippen LogP contribution in [0.1, 0.15) is 36.3 Å². The third kappa shape index (κ3) is 3.74. The molecule has 0 N–H and O–H groups in total. The number of carbonyl (C=O) groups is 1. The Labute approximate surface area is 181 Å². The predicted molar refractivity (Wildman–Crippen MR) is 116 cm³/mol. The Morgan fingerprint density at radius 2 is 2.16 bits per heavy atom. The molecule has 2 saturated heterocycles. The van der Waals surface area contributed by atoms with E-state index < -0.39 is 0 Å². The maximum absolute atomic E-state index is 13.0. The molecule has 5 rings (SSSR count). The largest absolute Gasteiger partial charge is 0.441 e. The summed E-state index contributed by atoms with van der Waals surface area (Å²) in [6.45, 7) is 4.19. The fourth-order valence-electron chi connectivity index (χ4n) is 4.95. The van der Waals surface area contributed by atoms with Crippen LogP contribution in [0.5, 0.6) is 0 Å². The van der Waals surface area contributed by atoms with Gasteiger partial charge < -0.3 is 14.2 Å². The lowest BCUT2D eigenvalue weighted by atomic mass is 9.96. The smallest absolute Gasteiger partial charge is 0.226 e. The Morgan fingerprint density at radius 3 is 2.97 bits per heavy atom. The Bertz CT molecular complexity index is 1150. The number of aromatic nitrogens is 2. The van der Waals surface area contributed by atoms with Crippen molar-refractivity contribution in [1.82, 2.24) is 14.9 Å². The van der Waals surface area contributed by atoms with Crippen LogP contribution in [0.15, 0.2) is 40.9 Å². The molecule has 1 aromatic carbocycles. The van der Waals surface area contributed by atoms with Gasteiger partial charge in [0.25, 0.3) is 0 Å². The van der Waals surface area contributed by atoms with Crippen LogP contribution in [0, 0.1) is 24.2 Å². The van der Waals surface area contributed by atoms with Gasteiger partial charge in [0, 0.05) is 38.7 Å². The number of fused-ring (bicyclic) bond motifs is 2. The molecule has 158 valence electrons. The van der Waals surface area contributed by atoms with Gasteiger partial charge in [-0.15, -0.1) is 0 Å². The average Bonchev–Trinajstić information content (AvgIpc) is 3.33. The van der Waals surface area contributed by atoms with Gasteiger partial charge in [0.2, 0.25) is 5.91 Å². The summed E-state index contributed by atoms with van der Waals surface area (Å²) >= 11 is 0. The molecule has 4 heterocycles. The van der Waals surface area contributed by atoms with Crippen molar-refractivity contribution < 1.29 is 9.21 Å². The summed E-state index contributed by atoms with van der Waals surface area (Å²) in [4.78, 5) is 26.1. The Kier molecular flexibility index (Phi) is 5.06. The van der Waals surface area contributed by atoms with E-state index in [4.69, 9.17) is 9.68 Å². The number of rotatable bonds is 5. The minimum Gasteiger partial charge on any atom is -0.441 e. The van der Waals surface area contributed by atoms with E-state index in [9.17, 15) is 4.79 Å². The lowest BCUT2D eigenvalue weighted by Crippen LogP contribution is -2.51. The zero-order chi connectivity index (χ0) is 21.4. The van der Waals surface area contributed by atoms with Gasteiger partial charge in [-0.1, -0.05) is 12.1 Å². The molecule has 0 unspecified atom stereocenters. The SMILES string of the molecule is Cc1nc2cccc(CCC[C@H]3C[C@H]4CN(c5ccc(C#N)cn5)CCN4C3=O)c2o1. The van der Waals surface area contributed by atoms with Gasteiger partial charge in [-0.25, -0.2) is 9.97 Å². The summed E-state index contributed by atoms with van der Waals surface area (Å²) in [6.07, 6.45) is 5.25. The number of piperazine rings is 1. The van der Waals surface area contributed by atoms with Crippen molar-refractivity contribution in [3.8, 4) is 6.07 Å². The first-order chi connectivity index (χ1) is 15.1. The Morgan fingerprint density at radius 1 is 1.26 bits per heavy atom. The van der Waals surface area contributed by atoms with Crippen molar-refractivity contribution in [2.45, 2.75) is 38.6 Å². The predicted octanol–water partition coefficient (Wildman–Crippen LogP) is 3.46. The Balaban J connectivity index is 1.19. The van der Waals surface area contributed by atoms with Crippen LogP contribution in [0.2, 0.25) is 0 Å². The van der Waals surface area contributed by atoms with Gasteiger partial charge in [0.15, 0.2) is 11.5 Å². The molecule has 2 aliphatic rings. The standard InChI is InChI=1S/C24H25N5O2/c1-16-27-21-7-3-5-18(23(21)31-16)4-2-6-19-12-20-15-28(10-11-29(20)24(19)30)22-9-8-17(13-25)14-26-22/h3,5,7-9,14,19-20H,2,4,6,10-12,15H2,1H3/t19-,20-/m0/s1. The maximum Gasteiger partial charge on any atom is 0.226 e. The molecule has 3 aromatic rings. The molecule has 31 heavy (non-hydrogen) atoms. The molecule has 2 aliphatic heterocycles.